The van der Waals surface area contributed by atoms with Gasteiger partial charge in [-0.2, -0.15) is 4.31 Å². The van der Waals surface area contributed by atoms with E-state index in [9.17, 15) is 17.6 Å². The molecule has 1 aromatic heterocycles. The van der Waals surface area contributed by atoms with E-state index < -0.39 is 39.4 Å². The van der Waals surface area contributed by atoms with Gasteiger partial charge in [-0.3, -0.25) is 4.79 Å². The van der Waals surface area contributed by atoms with Crippen LogP contribution in [0.5, 0.6) is 5.75 Å². The standard InChI is InChI=1S/C23H28ClFN2O5S/c1-13-7-8-17(25)19(14(13)2)15(3)20(22(28)32-23(4,5)6)27-9-10-31-18-11-16(24)12-26-21(18)33(27,29)30/h7-8,11-12,15,20H,9-10H2,1-6H3/t15?,20-/m0/s1. The smallest absolute Gasteiger partial charge is 0.325 e. The van der Waals surface area contributed by atoms with Crippen LogP contribution in [0.25, 0.3) is 0 Å². The number of hydrogen-bond acceptors (Lipinski definition) is 6. The zero-order valence-electron chi connectivity index (χ0n) is 19.5. The monoisotopic (exact) mass is 498 g/mol. The molecule has 0 aliphatic carbocycles. The zero-order valence-corrected chi connectivity index (χ0v) is 21.1. The van der Waals surface area contributed by atoms with E-state index in [-0.39, 0.29) is 34.5 Å². The van der Waals surface area contributed by atoms with E-state index in [1.54, 1.807) is 40.7 Å². The Kier molecular flexibility index (Phi) is 7.07. The molecule has 0 radical (unpaired) electrons. The molecule has 1 aromatic carbocycles. The highest BCUT2D eigenvalue weighted by atomic mass is 35.5. The van der Waals surface area contributed by atoms with Crippen molar-refractivity contribution in [3.8, 4) is 5.75 Å². The summed E-state index contributed by atoms with van der Waals surface area (Å²) in [5.41, 5.74) is 0.843. The number of sulfonamides is 1. The lowest BCUT2D eigenvalue weighted by Crippen LogP contribution is -2.51. The van der Waals surface area contributed by atoms with Crippen LogP contribution >= 0.6 is 11.6 Å². The molecule has 2 atom stereocenters. The number of fused-ring (bicyclic) bond motifs is 1. The molecule has 1 aliphatic rings. The highest BCUT2D eigenvalue weighted by molar-refractivity contribution is 7.89. The molecule has 0 N–H and O–H groups in total. The van der Waals surface area contributed by atoms with Crippen LogP contribution in [-0.2, 0) is 19.6 Å². The van der Waals surface area contributed by atoms with Gasteiger partial charge in [-0.05, 0) is 57.4 Å². The summed E-state index contributed by atoms with van der Waals surface area (Å²) in [5, 5.41) is -0.140. The SMILES string of the molecule is Cc1ccc(F)c(C(C)[C@@H](C(=O)OC(C)(C)C)N2CCOc3cc(Cl)cnc3S2(=O)=O)c1C. The highest BCUT2D eigenvalue weighted by Gasteiger charge is 2.45. The van der Waals surface area contributed by atoms with E-state index in [0.717, 1.165) is 9.87 Å². The summed E-state index contributed by atoms with van der Waals surface area (Å²) in [6, 6.07) is 2.97. The first-order chi connectivity index (χ1) is 15.2. The van der Waals surface area contributed by atoms with Crippen molar-refractivity contribution in [1.29, 1.82) is 0 Å². The Morgan fingerprint density at radius 3 is 2.61 bits per heavy atom. The summed E-state index contributed by atoms with van der Waals surface area (Å²) < 4.78 is 54.5. The number of nitrogens with zero attached hydrogens (tertiary/aromatic N) is 2. The normalized spacial score (nSPS) is 17.9. The van der Waals surface area contributed by atoms with Crippen molar-refractivity contribution in [2.75, 3.05) is 13.2 Å². The van der Waals surface area contributed by atoms with Crippen LogP contribution in [-0.4, -0.2) is 48.5 Å². The van der Waals surface area contributed by atoms with E-state index in [2.05, 4.69) is 4.98 Å². The third kappa shape index (κ3) is 5.15. The molecule has 0 saturated carbocycles. The van der Waals surface area contributed by atoms with Crippen LogP contribution in [0, 0.1) is 19.7 Å². The fraction of sp³-hybridized carbons (Fsp3) is 0.478. The number of carbonyl (C=O) groups is 1. The second kappa shape index (κ2) is 9.19. The molecule has 0 fully saturated rings. The van der Waals surface area contributed by atoms with Crippen molar-refractivity contribution in [3.63, 3.8) is 0 Å². The number of hydrogen-bond donors (Lipinski definition) is 0. The van der Waals surface area contributed by atoms with Gasteiger partial charge in [0.2, 0.25) is 5.03 Å². The molecule has 0 amide bonds. The molecule has 33 heavy (non-hydrogen) atoms. The molecule has 2 heterocycles. The first-order valence-corrected chi connectivity index (χ1v) is 12.3. The van der Waals surface area contributed by atoms with Gasteiger partial charge in [0.1, 0.15) is 24.1 Å². The number of esters is 1. The number of ether oxygens (including phenoxy) is 2. The molecule has 7 nitrogen and oxygen atoms in total. The van der Waals surface area contributed by atoms with Gasteiger partial charge >= 0.3 is 5.97 Å². The van der Waals surface area contributed by atoms with Crippen LogP contribution < -0.4 is 4.74 Å². The highest BCUT2D eigenvalue weighted by Crippen LogP contribution is 2.37. The Morgan fingerprint density at radius 1 is 1.30 bits per heavy atom. The Bertz CT molecular complexity index is 1180. The Labute approximate surface area is 198 Å². The van der Waals surface area contributed by atoms with Crippen molar-refractivity contribution in [2.45, 2.75) is 64.1 Å². The summed E-state index contributed by atoms with van der Waals surface area (Å²) in [7, 11) is -4.31. The van der Waals surface area contributed by atoms with Gasteiger partial charge in [0, 0.05) is 24.7 Å². The molecule has 2 aromatic rings. The van der Waals surface area contributed by atoms with Gasteiger partial charge in [0.05, 0.1) is 5.02 Å². The fourth-order valence-electron chi connectivity index (χ4n) is 3.93. The lowest BCUT2D eigenvalue weighted by Gasteiger charge is -2.34. The molecule has 0 spiro atoms. The lowest BCUT2D eigenvalue weighted by molar-refractivity contribution is -0.160. The van der Waals surface area contributed by atoms with E-state index in [0.29, 0.717) is 5.56 Å². The van der Waals surface area contributed by atoms with Crippen molar-refractivity contribution in [2.24, 2.45) is 0 Å². The van der Waals surface area contributed by atoms with Crippen LogP contribution in [0.1, 0.15) is 50.3 Å². The minimum atomic E-state index is -4.31. The van der Waals surface area contributed by atoms with Gasteiger partial charge < -0.3 is 9.47 Å². The third-order valence-corrected chi connectivity index (χ3v) is 7.56. The lowest BCUT2D eigenvalue weighted by atomic mass is 9.87. The quantitative estimate of drug-likeness (QED) is 0.581. The number of aromatic nitrogens is 1. The average Bonchev–Trinajstić information content (AvgIpc) is 2.80. The van der Waals surface area contributed by atoms with E-state index in [1.807, 2.05) is 6.92 Å². The fourth-order valence-corrected chi connectivity index (χ4v) is 5.74. The minimum Gasteiger partial charge on any atom is -0.489 e. The topological polar surface area (TPSA) is 85.8 Å². The second-order valence-corrected chi connectivity index (χ2v) is 11.3. The molecule has 0 bridgehead atoms. The Balaban J connectivity index is 2.19. The van der Waals surface area contributed by atoms with Crippen LogP contribution in [0.15, 0.2) is 29.4 Å². The van der Waals surface area contributed by atoms with Crippen LogP contribution in [0.3, 0.4) is 0 Å². The molecule has 3 rings (SSSR count). The third-order valence-electron chi connectivity index (χ3n) is 5.53. The van der Waals surface area contributed by atoms with Crippen molar-refractivity contribution in [1.82, 2.24) is 9.29 Å². The van der Waals surface area contributed by atoms with Crippen LogP contribution in [0.4, 0.5) is 4.39 Å². The summed E-state index contributed by atoms with van der Waals surface area (Å²) in [4.78, 5) is 17.4. The van der Waals surface area contributed by atoms with Gasteiger partial charge in [-0.25, -0.2) is 17.8 Å². The van der Waals surface area contributed by atoms with Gasteiger partial charge in [0.15, 0.2) is 5.75 Å². The van der Waals surface area contributed by atoms with E-state index in [4.69, 9.17) is 21.1 Å². The number of pyridine rings is 1. The first-order valence-electron chi connectivity index (χ1n) is 10.5. The second-order valence-electron chi connectivity index (χ2n) is 9.09. The van der Waals surface area contributed by atoms with E-state index in [1.165, 1.54) is 18.3 Å². The first kappa shape index (κ1) is 25.4. The maximum atomic E-state index is 15.0. The maximum absolute atomic E-state index is 15.0. The summed E-state index contributed by atoms with van der Waals surface area (Å²) in [5.74, 6) is -2.16. The number of halogens is 2. The predicted octanol–water partition coefficient (Wildman–Crippen LogP) is 4.39. The Hall–Kier alpha value is -2.23. The predicted molar refractivity (Wildman–Crippen MR) is 123 cm³/mol. The number of aryl methyl sites for hydroxylation is 1. The van der Waals surface area contributed by atoms with Crippen LogP contribution in [0.2, 0.25) is 5.02 Å². The number of carbonyl (C=O) groups excluding carboxylic acids is 1. The molecule has 10 heteroatoms. The zero-order chi connectivity index (χ0) is 24.7. The maximum Gasteiger partial charge on any atom is 0.325 e. The largest absolute Gasteiger partial charge is 0.489 e. The number of benzene rings is 1. The number of rotatable bonds is 4. The summed E-state index contributed by atoms with van der Waals surface area (Å²) in [6.45, 7) is 10.0. The molecule has 0 saturated heterocycles. The van der Waals surface area contributed by atoms with Gasteiger partial charge in [-0.15, -0.1) is 0 Å². The van der Waals surface area contributed by atoms with Crippen molar-refractivity contribution < 1.29 is 27.1 Å². The van der Waals surface area contributed by atoms with Gasteiger partial charge in [0.25, 0.3) is 10.0 Å². The Morgan fingerprint density at radius 2 is 1.97 bits per heavy atom. The molecular formula is C23H28ClFN2O5S. The van der Waals surface area contributed by atoms with E-state index >= 15 is 0 Å². The molecular weight excluding hydrogens is 471 g/mol. The van der Waals surface area contributed by atoms with Crippen molar-refractivity contribution in [3.05, 3.63) is 51.9 Å². The average molecular weight is 499 g/mol. The minimum absolute atomic E-state index is 0.00138. The molecule has 180 valence electrons. The summed E-state index contributed by atoms with van der Waals surface area (Å²) in [6.07, 6.45) is 1.20. The summed E-state index contributed by atoms with van der Waals surface area (Å²) >= 11 is 5.96. The molecule has 1 aliphatic heterocycles. The van der Waals surface area contributed by atoms with Crippen molar-refractivity contribution >= 4 is 27.6 Å². The molecule has 1 unspecified atom stereocenters. The van der Waals surface area contributed by atoms with Gasteiger partial charge in [-0.1, -0.05) is 24.6 Å².